The lowest BCUT2D eigenvalue weighted by Crippen LogP contribution is -2.26. The first-order chi connectivity index (χ1) is 16.2. The molecule has 33 heavy (non-hydrogen) atoms. The van der Waals surface area contributed by atoms with Crippen molar-refractivity contribution in [3.05, 3.63) is 108 Å². The van der Waals surface area contributed by atoms with Crippen molar-refractivity contribution in [2.75, 3.05) is 6.54 Å². The number of halogens is 1. The van der Waals surface area contributed by atoms with E-state index in [9.17, 15) is 9.18 Å². The maximum Gasteiger partial charge on any atom is 0.220 e. The van der Waals surface area contributed by atoms with Gasteiger partial charge in [-0.2, -0.15) is 0 Å². The summed E-state index contributed by atoms with van der Waals surface area (Å²) in [6.45, 7) is 3.59. The van der Waals surface area contributed by atoms with E-state index in [2.05, 4.69) is 47.3 Å². The molecule has 0 radical (unpaired) electrons. The van der Waals surface area contributed by atoms with Crippen LogP contribution in [-0.4, -0.2) is 17.0 Å². The Bertz CT molecular complexity index is 1180. The summed E-state index contributed by atoms with van der Waals surface area (Å²) in [5.41, 5.74) is 4.39. The molecule has 4 heteroatoms. The normalized spacial score (nSPS) is 12.1. The standard InChI is InChI=1S/C29H31FN2O/c1-2-3-9-18-31-29(33)19-26(23-14-16-24(30)17-15-23)27-21-32(20-22-10-5-4-6-11-22)28-13-8-7-12-25(27)28/h4-8,10-17,21,26H,2-3,9,18-20H2,1H3,(H,31,33). The van der Waals surface area contributed by atoms with Gasteiger partial charge < -0.3 is 9.88 Å². The average molecular weight is 443 g/mol. The minimum absolute atomic E-state index is 0.0281. The summed E-state index contributed by atoms with van der Waals surface area (Å²) < 4.78 is 15.9. The van der Waals surface area contributed by atoms with Crippen LogP contribution in [0.3, 0.4) is 0 Å². The number of hydrogen-bond donors (Lipinski definition) is 1. The Labute approximate surface area is 195 Å². The van der Waals surface area contributed by atoms with Gasteiger partial charge in [0.15, 0.2) is 0 Å². The maximum absolute atomic E-state index is 13.7. The number of unbranched alkanes of at least 4 members (excludes halogenated alkanes) is 2. The lowest BCUT2D eigenvalue weighted by molar-refractivity contribution is -0.121. The molecule has 0 aliphatic rings. The van der Waals surface area contributed by atoms with Gasteiger partial charge >= 0.3 is 0 Å². The predicted octanol–water partition coefficient (Wildman–Crippen LogP) is 6.66. The fraction of sp³-hybridized carbons (Fsp3) is 0.276. The van der Waals surface area contributed by atoms with Gasteiger partial charge in [0.2, 0.25) is 5.91 Å². The molecule has 1 amide bonds. The molecular formula is C29H31FN2O. The van der Waals surface area contributed by atoms with Crippen LogP contribution in [0.2, 0.25) is 0 Å². The minimum atomic E-state index is -0.270. The van der Waals surface area contributed by atoms with Crippen LogP contribution in [0.1, 0.15) is 55.2 Å². The second-order valence-corrected chi connectivity index (χ2v) is 8.58. The summed E-state index contributed by atoms with van der Waals surface area (Å²) in [4.78, 5) is 12.9. The van der Waals surface area contributed by atoms with E-state index in [0.29, 0.717) is 13.0 Å². The second-order valence-electron chi connectivity index (χ2n) is 8.58. The van der Waals surface area contributed by atoms with Gasteiger partial charge in [-0.1, -0.05) is 80.4 Å². The highest BCUT2D eigenvalue weighted by Gasteiger charge is 2.23. The van der Waals surface area contributed by atoms with E-state index in [0.717, 1.165) is 47.8 Å². The van der Waals surface area contributed by atoms with Gasteiger partial charge in [-0.05, 0) is 41.3 Å². The van der Waals surface area contributed by atoms with Crippen LogP contribution >= 0.6 is 0 Å². The van der Waals surface area contributed by atoms with Crippen molar-refractivity contribution in [1.82, 2.24) is 9.88 Å². The number of nitrogens with zero attached hydrogens (tertiary/aromatic N) is 1. The first-order valence-electron chi connectivity index (χ1n) is 11.8. The molecular weight excluding hydrogens is 411 g/mol. The number of benzene rings is 3. The Balaban J connectivity index is 1.69. The smallest absolute Gasteiger partial charge is 0.220 e. The Hall–Kier alpha value is -3.40. The SMILES string of the molecule is CCCCCNC(=O)CC(c1ccc(F)cc1)c1cn(Cc2ccccc2)c2ccccc12. The van der Waals surface area contributed by atoms with Gasteiger partial charge in [0.25, 0.3) is 0 Å². The Morgan fingerprint density at radius 2 is 1.67 bits per heavy atom. The highest BCUT2D eigenvalue weighted by molar-refractivity contribution is 5.86. The third-order valence-corrected chi connectivity index (χ3v) is 6.15. The molecule has 170 valence electrons. The first-order valence-corrected chi connectivity index (χ1v) is 11.8. The number of carbonyl (C=O) groups is 1. The predicted molar refractivity (Wildman–Crippen MR) is 133 cm³/mol. The molecule has 3 aromatic carbocycles. The summed E-state index contributed by atoms with van der Waals surface area (Å²) in [6, 6.07) is 25.2. The molecule has 1 heterocycles. The van der Waals surface area contributed by atoms with E-state index in [-0.39, 0.29) is 17.6 Å². The van der Waals surface area contributed by atoms with Crippen molar-refractivity contribution >= 4 is 16.8 Å². The Kier molecular flexibility index (Phi) is 7.56. The zero-order chi connectivity index (χ0) is 23.0. The summed E-state index contributed by atoms with van der Waals surface area (Å²) in [7, 11) is 0. The Morgan fingerprint density at radius 3 is 2.42 bits per heavy atom. The number of aromatic nitrogens is 1. The molecule has 3 nitrogen and oxygen atoms in total. The fourth-order valence-electron chi connectivity index (χ4n) is 4.43. The molecule has 1 unspecified atom stereocenters. The first kappa shape index (κ1) is 22.8. The van der Waals surface area contributed by atoms with E-state index in [1.165, 1.54) is 17.7 Å². The molecule has 1 aromatic heterocycles. The number of fused-ring (bicyclic) bond motifs is 1. The molecule has 4 aromatic rings. The largest absolute Gasteiger partial charge is 0.356 e. The molecule has 4 rings (SSSR count). The van der Waals surface area contributed by atoms with Gasteiger partial charge in [0.1, 0.15) is 5.82 Å². The molecule has 0 aliphatic carbocycles. The summed E-state index contributed by atoms with van der Waals surface area (Å²) in [5, 5.41) is 4.20. The van der Waals surface area contributed by atoms with E-state index in [1.807, 2.05) is 30.3 Å². The van der Waals surface area contributed by atoms with Gasteiger partial charge in [-0.15, -0.1) is 0 Å². The third kappa shape index (κ3) is 5.70. The molecule has 1 N–H and O–H groups in total. The molecule has 0 aliphatic heterocycles. The summed E-state index contributed by atoms with van der Waals surface area (Å²) in [6.07, 6.45) is 5.70. The fourth-order valence-corrected chi connectivity index (χ4v) is 4.43. The van der Waals surface area contributed by atoms with Crippen molar-refractivity contribution in [2.45, 2.75) is 45.1 Å². The van der Waals surface area contributed by atoms with Gasteiger partial charge in [-0.3, -0.25) is 4.79 Å². The molecule has 1 atom stereocenters. The van der Waals surface area contributed by atoms with E-state index >= 15 is 0 Å². The van der Waals surface area contributed by atoms with Crippen LogP contribution in [0, 0.1) is 5.82 Å². The van der Waals surface area contributed by atoms with Crippen LogP contribution in [0.25, 0.3) is 10.9 Å². The zero-order valence-electron chi connectivity index (χ0n) is 19.1. The van der Waals surface area contributed by atoms with Gasteiger partial charge in [0.05, 0.1) is 0 Å². The average Bonchev–Trinajstić information content (AvgIpc) is 3.20. The minimum Gasteiger partial charge on any atom is -0.356 e. The molecule has 0 bridgehead atoms. The van der Waals surface area contributed by atoms with Crippen LogP contribution < -0.4 is 5.32 Å². The third-order valence-electron chi connectivity index (χ3n) is 6.15. The quantitative estimate of drug-likeness (QED) is 0.274. The lowest BCUT2D eigenvalue weighted by Gasteiger charge is -2.17. The topological polar surface area (TPSA) is 34.0 Å². The number of carbonyl (C=O) groups excluding carboxylic acids is 1. The molecule has 0 saturated carbocycles. The van der Waals surface area contributed by atoms with Crippen molar-refractivity contribution in [3.63, 3.8) is 0 Å². The van der Waals surface area contributed by atoms with Crippen LogP contribution in [-0.2, 0) is 11.3 Å². The van der Waals surface area contributed by atoms with E-state index in [4.69, 9.17) is 0 Å². The molecule has 0 spiro atoms. The van der Waals surface area contributed by atoms with Gasteiger partial charge in [0, 0.05) is 42.5 Å². The summed E-state index contributed by atoms with van der Waals surface area (Å²) >= 11 is 0. The van der Waals surface area contributed by atoms with E-state index in [1.54, 1.807) is 12.1 Å². The molecule has 0 saturated heterocycles. The van der Waals surface area contributed by atoms with Crippen molar-refractivity contribution in [2.24, 2.45) is 0 Å². The van der Waals surface area contributed by atoms with Crippen molar-refractivity contribution < 1.29 is 9.18 Å². The molecule has 0 fully saturated rings. The number of hydrogen-bond acceptors (Lipinski definition) is 1. The van der Waals surface area contributed by atoms with Crippen LogP contribution in [0.5, 0.6) is 0 Å². The number of rotatable bonds is 10. The maximum atomic E-state index is 13.7. The number of para-hydroxylation sites is 1. The van der Waals surface area contributed by atoms with Crippen LogP contribution in [0.15, 0.2) is 85.1 Å². The van der Waals surface area contributed by atoms with Crippen LogP contribution in [0.4, 0.5) is 4.39 Å². The van der Waals surface area contributed by atoms with Crippen molar-refractivity contribution in [3.8, 4) is 0 Å². The lowest BCUT2D eigenvalue weighted by atomic mass is 9.88. The number of amides is 1. The second kappa shape index (κ2) is 11.0. The zero-order valence-corrected chi connectivity index (χ0v) is 19.1. The van der Waals surface area contributed by atoms with E-state index < -0.39 is 0 Å². The Morgan fingerprint density at radius 1 is 0.939 bits per heavy atom. The van der Waals surface area contributed by atoms with Crippen molar-refractivity contribution in [1.29, 1.82) is 0 Å². The summed E-state index contributed by atoms with van der Waals surface area (Å²) in [5.74, 6) is -0.396. The highest BCUT2D eigenvalue weighted by atomic mass is 19.1. The van der Waals surface area contributed by atoms with Gasteiger partial charge in [-0.25, -0.2) is 4.39 Å². The monoisotopic (exact) mass is 442 g/mol. The highest BCUT2D eigenvalue weighted by Crippen LogP contribution is 2.35. The number of nitrogens with one attached hydrogen (secondary N) is 1.